The number of Topliss-reactive ketones (excluding diaryl/α,β-unsaturated/α-hetero) is 1. The van der Waals surface area contributed by atoms with E-state index in [0.29, 0.717) is 24.3 Å². The molecule has 0 aromatic carbocycles. The quantitative estimate of drug-likeness (QED) is 0.103. The average Bonchev–Trinajstić information content (AvgIpc) is 3.86. The molecule has 0 aliphatic carbocycles. The number of ether oxygens (including phenoxy) is 2. The molecule has 0 aromatic rings. The van der Waals surface area contributed by atoms with Crippen molar-refractivity contribution < 1.29 is 36.8 Å². The van der Waals surface area contributed by atoms with Gasteiger partial charge in [0.05, 0.1) is 30.0 Å². The molecule has 2 heterocycles. The summed E-state index contributed by atoms with van der Waals surface area (Å²) in [6.45, 7) is 62.4. The lowest BCUT2D eigenvalue weighted by Crippen LogP contribution is -2.57. The largest absolute Gasteiger partial charge is 0.459 e. The van der Waals surface area contributed by atoms with Gasteiger partial charge in [-0.2, -0.15) is 0 Å². The Balaban J connectivity index is 3.01. The van der Waals surface area contributed by atoms with Crippen LogP contribution in [0.4, 0.5) is 0 Å². The van der Waals surface area contributed by atoms with Crippen LogP contribution in [-0.4, -0.2) is 87.2 Å². The minimum atomic E-state index is -2.60. The van der Waals surface area contributed by atoms with E-state index in [9.17, 15) is 4.79 Å². The van der Waals surface area contributed by atoms with Crippen LogP contribution in [0.2, 0.25) is 72.5 Å². The van der Waals surface area contributed by atoms with Crippen molar-refractivity contribution in [2.24, 2.45) is 11.8 Å². The molecule has 2 rings (SSSR count). The Morgan fingerprint density at radius 3 is 1.71 bits per heavy atom. The third kappa shape index (κ3) is 18.1. The lowest BCUT2D eigenvalue weighted by atomic mass is 9.85. The summed E-state index contributed by atoms with van der Waals surface area (Å²) in [6, 6.07) is 0. The first-order valence-corrected chi connectivity index (χ1v) is 37.8. The van der Waals surface area contributed by atoms with Gasteiger partial charge >= 0.3 is 5.97 Å². The number of epoxide rings is 1. The number of ketones is 1. The predicted molar refractivity (Wildman–Crippen MR) is 299 cm³/mol. The molecule has 68 heavy (non-hydrogen) atoms. The number of esters is 1. The Hall–Kier alpha value is -1.23. The molecule has 0 saturated carbocycles. The standard InChI is InChI=1S/C56H106O8Si4/c1-39-33-40(2)35-48-47(60-48)32-30-28-29-31-41(3)51(58)59-44(6)36-42(4)49(62-66(22,23)53(10,11)12)50(63-67(24,25)54(13,14)15)46(57)37-45(61-65(20,21)52(7,8)9)38-56(19,43(5)34-39)64-68(26,27)55(16,17)18/h30-32,34,40,42,44-45,47-50H,1,28-29,33,35-38H2,2-27H3/b32-30+,41-31+,43-34+/t40-,42-,44+,45?,47+,48+,49+,50+,56-/m1/s1. The summed E-state index contributed by atoms with van der Waals surface area (Å²) in [5, 5.41) is -0.495. The summed E-state index contributed by atoms with van der Waals surface area (Å²) in [5.74, 6) is -0.156. The first kappa shape index (κ1) is 62.9. The highest BCUT2D eigenvalue weighted by molar-refractivity contribution is 6.75. The number of hydrogen-bond donors (Lipinski definition) is 0. The van der Waals surface area contributed by atoms with Crippen molar-refractivity contribution in [3.05, 3.63) is 47.6 Å². The van der Waals surface area contributed by atoms with E-state index in [1.54, 1.807) is 0 Å². The van der Waals surface area contributed by atoms with Crippen molar-refractivity contribution >= 4 is 45.0 Å². The number of carbonyl (C=O) groups is 2. The Kier molecular flexibility index (Phi) is 21.6. The minimum absolute atomic E-state index is 0.0110. The third-order valence-electron chi connectivity index (χ3n) is 16.8. The summed E-state index contributed by atoms with van der Waals surface area (Å²) >= 11 is 0. The van der Waals surface area contributed by atoms with Crippen LogP contribution in [0.5, 0.6) is 0 Å². The van der Waals surface area contributed by atoms with E-state index in [1.165, 1.54) is 0 Å². The second kappa shape index (κ2) is 23.3. The molecule has 0 aromatic heterocycles. The maximum absolute atomic E-state index is 15.9. The molecule has 12 heteroatoms. The van der Waals surface area contributed by atoms with Gasteiger partial charge in [0.15, 0.2) is 39.1 Å². The average molecular weight is 1020 g/mol. The van der Waals surface area contributed by atoms with Gasteiger partial charge in [-0.1, -0.05) is 133 Å². The zero-order chi connectivity index (χ0) is 53.0. The maximum Gasteiger partial charge on any atom is 0.333 e. The highest BCUT2D eigenvalue weighted by atomic mass is 28.4. The molecule has 9 atom stereocenters. The molecule has 2 aliphatic heterocycles. The van der Waals surface area contributed by atoms with Crippen LogP contribution >= 0.6 is 0 Å². The van der Waals surface area contributed by atoms with E-state index >= 15 is 4.79 Å². The zero-order valence-corrected chi connectivity index (χ0v) is 52.9. The van der Waals surface area contributed by atoms with Crippen LogP contribution in [0.15, 0.2) is 47.6 Å². The molecule has 8 nitrogen and oxygen atoms in total. The van der Waals surface area contributed by atoms with Crippen LogP contribution in [0, 0.1) is 11.8 Å². The summed E-state index contributed by atoms with van der Waals surface area (Å²) < 4.78 is 42.3. The molecule has 0 radical (unpaired) electrons. The van der Waals surface area contributed by atoms with Crippen LogP contribution in [-0.2, 0) is 36.8 Å². The maximum atomic E-state index is 15.9. The smallest absolute Gasteiger partial charge is 0.333 e. The van der Waals surface area contributed by atoms with Crippen LogP contribution < -0.4 is 0 Å². The molecular formula is C56H106O8Si4. The van der Waals surface area contributed by atoms with Crippen LogP contribution in [0.25, 0.3) is 0 Å². The van der Waals surface area contributed by atoms with Crippen molar-refractivity contribution in [2.45, 2.75) is 284 Å². The van der Waals surface area contributed by atoms with E-state index in [4.69, 9.17) is 27.2 Å². The van der Waals surface area contributed by atoms with Crippen molar-refractivity contribution in [2.75, 3.05) is 0 Å². The number of carbonyl (C=O) groups excluding carboxylic acids is 2. The minimum Gasteiger partial charge on any atom is -0.459 e. The van der Waals surface area contributed by atoms with Gasteiger partial charge in [-0.15, -0.1) is 0 Å². The first-order valence-electron chi connectivity index (χ1n) is 26.2. The van der Waals surface area contributed by atoms with E-state index in [0.717, 1.165) is 36.8 Å². The number of rotatable bonds is 8. The topological polar surface area (TPSA) is 92.8 Å². The number of fused-ring (bicyclic) bond motifs is 1. The molecule has 1 unspecified atom stereocenters. The predicted octanol–water partition coefficient (Wildman–Crippen LogP) is 16.2. The molecule has 2 aliphatic rings. The van der Waals surface area contributed by atoms with Crippen molar-refractivity contribution in [3.63, 3.8) is 0 Å². The summed E-state index contributed by atoms with van der Waals surface area (Å²) in [7, 11) is -9.98. The van der Waals surface area contributed by atoms with Crippen LogP contribution in [0.3, 0.4) is 0 Å². The van der Waals surface area contributed by atoms with Gasteiger partial charge in [0.2, 0.25) is 0 Å². The number of cyclic esters (lactones) is 1. The molecule has 1 fully saturated rings. The molecule has 0 bridgehead atoms. The van der Waals surface area contributed by atoms with E-state index in [2.05, 4.69) is 188 Å². The lowest BCUT2D eigenvalue weighted by molar-refractivity contribution is -0.146. The fourth-order valence-corrected chi connectivity index (χ4v) is 13.7. The fraction of sp³-hybridized carbons (Fsp3) is 0.821. The summed E-state index contributed by atoms with van der Waals surface area (Å²) in [4.78, 5) is 29.5. The van der Waals surface area contributed by atoms with Gasteiger partial charge in [-0.05, 0) is 150 Å². The van der Waals surface area contributed by atoms with Gasteiger partial charge in [0, 0.05) is 18.4 Å². The van der Waals surface area contributed by atoms with E-state index in [-0.39, 0.29) is 56.5 Å². The molecule has 0 N–H and O–H groups in total. The third-order valence-corrected chi connectivity index (χ3v) is 34.8. The molecule has 394 valence electrons. The Morgan fingerprint density at radius 1 is 0.691 bits per heavy atom. The van der Waals surface area contributed by atoms with Crippen molar-refractivity contribution in [1.82, 2.24) is 0 Å². The molecule has 0 spiro atoms. The molecule has 0 amide bonds. The Labute approximate surface area is 423 Å². The number of hydrogen-bond acceptors (Lipinski definition) is 8. The SMILES string of the molecule is C=C1/C=C(\C)[C@](C)(O[Si](C)(C)C(C)(C)C)CC(O[Si](C)(C)C(C)(C)C)CC(=O)[C@H](O[Si](C)(C)C(C)(C)C)[C@@H](O[Si](C)(C)C(C)(C)C)[C@H](C)C[C@H](C)OC(=O)/C(C)=C/CC/C=C/[C@@H]2O[C@H]2C[C@H](C)C1. The van der Waals surface area contributed by atoms with Gasteiger partial charge < -0.3 is 27.2 Å². The van der Waals surface area contributed by atoms with Gasteiger partial charge in [0.1, 0.15) is 12.2 Å². The van der Waals surface area contributed by atoms with Crippen molar-refractivity contribution in [3.8, 4) is 0 Å². The zero-order valence-electron chi connectivity index (χ0n) is 48.9. The molecule has 1 saturated heterocycles. The summed E-state index contributed by atoms with van der Waals surface area (Å²) in [5.41, 5.74) is 1.98. The van der Waals surface area contributed by atoms with Gasteiger partial charge in [-0.25, -0.2) is 4.79 Å². The van der Waals surface area contributed by atoms with E-state index in [1.807, 2.05) is 19.9 Å². The van der Waals surface area contributed by atoms with Crippen LogP contribution in [0.1, 0.15) is 170 Å². The fourth-order valence-electron chi connectivity index (χ4n) is 7.98. The summed E-state index contributed by atoms with van der Waals surface area (Å²) in [6.07, 6.45) is 11.0. The highest BCUT2D eigenvalue weighted by Gasteiger charge is 2.51. The Bertz CT molecular complexity index is 1800. The second-order valence-corrected chi connectivity index (χ2v) is 46.6. The highest BCUT2D eigenvalue weighted by Crippen LogP contribution is 2.47. The Morgan fingerprint density at radius 2 is 1.19 bits per heavy atom. The first-order chi connectivity index (χ1) is 30.4. The lowest BCUT2D eigenvalue weighted by Gasteiger charge is -2.48. The second-order valence-electron chi connectivity index (χ2n) is 27.6. The van der Waals surface area contributed by atoms with Gasteiger partial charge in [0.25, 0.3) is 0 Å². The normalized spacial score (nSPS) is 31.8. The van der Waals surface area contributed by atoms with Gasteiger partial charge in [-0.3, -0.25) is 4.79 Å². The molecular weight excluding hydrogens is 913 g/mol. The number of allylic oxidation sites excluding steroid dienone is 4. The van der Waals surface area contributed by atoms with E-state index < -0.39 is 63.3 Å². The monoisotopic (exact) mass is 1020 g/mol. The van der Waals surface area contributed by atoms with Crippen molar-refractivity contribution in [1.29, 1.82) is 0 Å².